The topological polar surface area (TPSA) is 63.1 Å². The number of alkyl halides is 6. The molecule has 0 fully saturated rings. The third-order valence-electron chi connectivity index (χ3n) is 5.33. The lowest BCUT2D eigenvalue weighted by molar-refractivity contribution is -0.143. The molecule has 36 heavy (non-hydrogen) atoms. The van der Waals surface area contributed by atoms with Gasteiger partial charge in [-0.1, -0.05) is 37.3 Å². The van der Waals surface area contributed by atoms with Crippen molar-refractivity contribution in [1.29, 1.82) is 0 Å². The van der Waals surface area contributed by atoms with E-state index in [-0.39, 0.29) is 26.7 Å². The largest absolute Gasteiger partial charge is 0.434 e. The molecule has 0 aliphatic carbocycles. The molecule has 0 aliphatic rings. The van der Waals surface area contributed by atoms with Crippen molar-refractivity contribution in [3.63, 3.8) is 0 Å². The van der Waals surface area contributed by atoms with Gasteiger partial charge < -0.3 is 10.2 Å². The van der Waals surface area contributed by atoms with Gasteiger partial charge in [-0.25, -0.2) is 9.67 Å². The van der Waals surface area contributed by atoms with Crippen LogP contribution < -0.4 is 5.32 Å². The Balaban J connectivity index is 1.90. The molecule has 196 valence electrons. The number of halogens is 7. The minimum absolute atomic E-state index is 0.0205. The Morgan fingerprint density at radius 1 is 1.14 bits per heavy atom. The monoisotopic (exact) mass is 597 g/mol. The highest BCUT2D eigenvalue weighted by atomic mass is 79.9. The second-order valence-corrected chi connectivity index (χ2v) is 9.95. The van der Waals surface area contributed by atoms with Crippen molar-refractivity contribution in [2.24, 2.45) is 0 Å². The summed E-state index contributed by atoms with van der Waals surface area (Å²) < 4.78 is 81.9. The predicted molar refractivity (Wildman–Crippen MR) is 127 cm³/mol. The van der Waals surface area contributed by atoms with E-state index in [1.165, 1.54) is 12.1 Å². The lowest BCUT2D eigenvalue weighted by Gasteiger charge is -2.17. The van der Waals surface area contributed by atoms with Crippen molar-refractivity contribution in [2.45, 2.75) is 32.6 Å². The number of thiazole rings is 1. The van der Waals surface area contributed by atoms with E-state index >= 15 is 0 Å². The summed E-state index contributed by atoms with van der Waals surface area (Å²) in [5.41, 5.74) is -2.83. The predicted octanol–water partition coefficient (Wildman–Crippen LogP) is 6.26. The van der Waals surface area contributed by atoms with Crippen molar-refractivity contribution in [1.82, 2.24) is 25.0 Å². The number of carbonyl (C=O) groups is 1. The quantitative estimate of drug-likeness (QED) is 0.234. The summed E-state index contributed by atoms with van der Waals surface area (Å²) in [6.07, 6.45) is -8.18. The zero-order chi connectivity index (χ0) is 26.7. The van der Waals surface area contributed by atoms with Crippen molar-refractivity contribution >= 4 is 33.2 Å². The molecule has 0 bridgehead atoms. The molecule has 1 N–H and O–H groups in total. The van der Waals surface area contributed by atoms with Gasteiger partial charge >= 0.3 is 12.4 Å². The zero-order valence-electron chi connectivity index (χ0n) is 19.2. The summed E-state index contributed by atoms with van der Waals surface area (Å²) in [5, 5.41) is 5.97. The highest BCUT2D eigenvalue weighted by molar-refractivity contribution is 9.11. The fourth-order valence-corrected chi connectivity index (χ4v) is 5.01. The normalized spacial score (nSPS) is 12.4. The average Bonchev–Trinajstić information content (AvgIpc) is 3.42. The van der Waals surface area contributed by atoms with Crippen molar-refractivity contribution in [2.75, 3.05) is 26.2 Å². The smallest absolute Gasteiger partial charge is 0.352 e. The summed E-state index contributed by atoms with van der Waals surface area (Å²) >= 11 is 3.92. The van der Waals surface area contributed by atoms with Gasteiger partial charge in [0.1, 0.15) is 0 Å². The molecule has 0 saturated carbocycles. The lowest BCUT2D eigenvalue weighted by atomic mass is 10.1. The number of rotatable bonds is 9. The van der Waals surface area contributed by atoms with Crippen LogP contribution in [0.2, 0.25) is 0 Å². The summed E-state index contributed by atoms with van der Waals surface area (Å²) in [7, 11) is 0. The van der Waals surface area contributed by atoms with E-state index in [1.54, 1.807) is 0 Å². The number of amides is 1. The standard InChI is InChI=1S/C22H22BrF6N5OS/c1-3-33(4-2)10-6-9-30-19(35)15-12-31-34(17(15)22(27,28)29)20-32-16(18(23)36-20)13-7-5-8-14(11-13)21(24,25)26/h5,7-8,11-12H,3-4,6,9-10H2,1-2H3,(H,30,35). The Morgan fingerprint density at radius 3 is 2.44 bits per heavy atom. The summed E-state index contributed by atoms with van der Waals surface area (Å²) in [4.78, 5) is 18.8. The molecule has 0 spiro atoms. The first kappa shape index (κ1) is 28.1. The van der Waals surface area contributed by atoms with Crippen molar-refractivity contribution in [3.8, 4) is 16.4 Å². The maximum Gasteiger partial charge on any atom is 0.434 e. The first-order valence-electron chi connectivity index (χ1n) is 10.9. The number of nitrogens with one attached hydrogen (secondary N) is 1. The Kier molecular flexibility index (Phi) is 8.83. The van der Waals surface area contributed by atoms with Gasteiger partial charge in [0.05, 0.1) is 26.8 Å². The van der Waals surface area contributed by atoms with E-state index in [2.05, 4.69) is 36.2 Å². The van der Waals surface area contributed by atoms with E-state index in [0.717, 1.165) is 42.8 Å². The Morgan fingerprint density at radius 2 is 1.83 bits per heavy atom. The molecule has 3 aromatic rings. The van der Waals surface area contributed by atoms with Crippen LogP contribution in [0.5, 0.6) is 0 Å². The van der Waals surface area contributed by atoms with E-state index in [0.29, 0.717) is 17.6 Å². The van der Waals surface area contributed by atoms with Gasteiger partial charge in [0.15, 0.2) is 5.69 Å². The molecule has 0 aliphatic heterocycles. The Hall–Kier alpha value is -2.45. The van der Waals surface area contributed by atoms with Crippen LogP contribution in [-0.4, -0.2) is 51.8 Å². The van der Waals surface area contributed by atoms with E-state index in [4.69, 9.17) is 0 Å². The Bertz CT molecular complexity index is 1200. The van der Waals surface area contributed by atoms with E-state index in [9.17, 15) is 31.1 Å². The molecule has 0 radical (unpaired) electrons. The van der Waals surface area contributed by atoms with Crippen LogP contribution in [0.15, 0.2) is 34.2 Å². The number of hydrogen-bond donors (Lipinski definition) is 1. The van der Waals surface area contributed by atoms with E-state index in [1.807, 2.05) is 13.8 Å². The molecule has 1 aromatic carbocycles. The van der Waals surface area contributed by atoms with Gasteiger partial charge in [-0.3, -0.25) is 4.79 Å². The summed E-state index contributed by atoms with van der Waals surface area (Å²) in [5.74, 6) is -0.929. The number of hydrogen-bond acceptors (Lipinski definition) is 5. The van der Waals surface area contributed by atoms with Gasteiger partial charge in [0, 0.05) is 12.1 Å². The van der Waals surface area contributed by atoms with Gasteiger partial charge in [-0.2, -0.15) is 31.4 Å². The van der Waals surface area contributed by atoms with Crippen molar-refractivity contribution in [3.05, 3.63) is 51.1 Å². The summed E-state index contributed by atoms with van der Waals surface area (Å²) in [6, 6.07) is 4.28. The minimum atomic E-state index is -4.95. The number of nitrogens with zero attached hydrogens (tertiary/aromatic N) is 4. The highest BCUT2D eigenvalue weighted by Gasteiger charge is 2.41. The van der Waals surface area contributed by atoms with E-state index < -0.39 is 35.1 Å². The highest BCUT2D eigenvalue weighted by Crippen LogP contribution is 2.40. The van der Waals surface area contributed by atoms with Gasteiger partial charge in [-0.05, 0) is 54.1 Å². The molecule has 0 saturated heterocycles. The van der Waals surface area contributed by atoms with Crippen LogP contribution in [0.3, 0.4) is 0 Å². The first-order valence-corrected chi connectivity index (χ1v) is 12.5. The van der Waals surface area contributed by atoms with Crippen LogP contribution in [0.4, 0.5) is 26.3 Å². The van der Waals surface area contributed by atoms with Crippen LogP contribution in [0.1, 0.15) is 41.9 Å². The van der Waals surface area contributed by atoms with Gasteiger partial charge in [0.2, 0.25) is 5.13 Å². The lowest BCUT2D eigenvalue weighted by Crippen LogP contribution is -2.31. The van der Waals surface area contributed by atoms with Crippen molar-refractivity contribution < 1.29 is 31.1 Å². The molecule has 3 rings (SSSR count). The van der Waals surface area contributed by atoms with Gasteiger partial charge in [-0.15, -0.1) is 0 Å². The molecule has 6 nitrogen and oxygen atoms in total. The molecule has 1 amide bonds. The molecule has 2 heterocycles. The average molecular weight is 598 g/mol. The number of benzene rings is 1. The molecule has 0 atom stereocenters. The fraction of sp³-hybridized carbons (Fsp3) is 0.409. The summed E-state index contributed by atoms with van der Waals surface area (Å²) in [6.45, 7) is 6.48. The zero-order valence-corrected chi connectivity index (χ0v) is 21.6. The molecular formula is C22H22BrF6N5OS. The molecular weight excluding hydrogens is 576 g/mol. The van der Waals surface area contributed by atoms with Crippen LogP contribution >= 0.6 is 27.3 Å². The molecule has 0 unspecified atom stereocenters. The minimum Gasteiger partial charge on any atom is -0.352 e. The van der Waals surface area contributed by atoms with Crippen LogP contribution in [0.25, 0.3) is 16.4 Å². The maximum atomic E-state index is 14.0. The fourth-order valence-electron chi connectivity index (χ4n) is 3.47. The molecule has 14 heteroatoms. The molecule has 2 aromatic heterocycles. The third-order valence-corrected chi connectivity index (χ3v) is 7.01. The Labute approximate surface area is 215 Å². The maximum absolute atomic E-state index is 14.0. The number of aromatic nitrogens is 3. The van der Waals surface area contributed by atoms with Crippen LogP contribution in [0, 0.1) is 0 Å². The first-order chi connectivity index (χ1) is 16.9. The third kappa shape index (κ3) is 6.45. The van der Waals surface area contributed by atoms with Gasteiger partial charge in [0.25, 0.3) is 5.91 Å². The second kappa shape index (κ2) is 11.3. The SMILES string of the molecule is CCN(CC)CCCNC(=O)c1cnn(-c2nc(-c3cccc(C(F)(F)F)c3)c(Br)s2)c1C(F)(F)F. The van der Waals surface area contributed by atoms with Crippen LogP contribution in [-0.2, 0) is 12.4 Å². The number of carbonyl (C=O) groups excluding carboxylic acids is 1. The second-order valence-electron chi connectivity index (χ2n) is 7.65.